The Kier molecular flexibility index (Phi) is 1.15. The van der Waals surface area contributed by atoms with Gasteiger partial charge in [0.1, 0.15) is 0 Å². The van der Waals surface area contributed by atoms with E-state index in [0.29, 0.717) is 9.52 Å². The quantitative estimate of drug-likeness (QED) is 0.400. The van der Waals surface area contributed by atoms with Gasteiger partial charge < -0.3 is 0 Å². The van der Waals surface area contributed by atoms with Crippen molar-refractivity contribution in [3.63, 3.8) is 0 Å². The molecule has 0 nitrogen and oxygen atoms in total. The Balaban J connectivity index is 2.20. The Labute approximate surface area is 43.4 Å². The van der Waals surface area contributed by atoms with E-state index in [1.165, 1.54) is 5.16 Å². The highest BCUT2D eigenvalue weighted by Gasteiger charge is 2.22. The molecule has 0 spiro atoms. The molecular weight excluding hydrogens is 104 g/mol. The summed E-state index contributed by atoms with van der Waals surface area (Å²) in [6.07, 6.45) is 0. The average molecular weight is 116 g/mol. The smallest absolute Gasteiger partial charge is 0.0302 e. The monoisotopic (exact) mass is 116 g/mol. The maximum absolute atomic E-state index is 2.50. The second-order valence-corrected chi connectivity index (χ2v) is 10.7. The van der Waals surface area contributed by atoms with E-state index < -0.39 is 0 Å². The van der Waals surface area contributed by atoms with Gasteiger partial charge in [-0.25, -0.2) is 0 Å². The highest BCUT2D eigenvalue weighted by molar-refractivity contribution is 6.87. The van der Waals surface area contributed by atoms with Gasteiger partial charge in [-0.3, -0.25) is 0 Å². The van der Waals surface area contributed by atoms with Gasteiger partial charge in [0, 0.05) is 18.3 Å². The molecule has 0 N–H and O–H groups in total. The fourth-order valence-electron chi connectivity index (χ4n) is 0.833. The molecule has 2 heteroatoms. The summed E-state index contributed by atoms with van der Waals surface area (Å²) in [6.45, 7) is 4.95. The first kappa shape index (κ1) is 4.59. The van der Waals surface area contributed by atoms with Crippen LogP contribution in [-0.2, 0) is 0 Å². The fraction of sp³-hybridized carbons (Fsp3) is 1.00. The van der Waals surface area contributed by atoms with Crippen LogP contribution in [0.4, 0.5) is 0 Å². The fourth-order valence-corrected chi connectivity index (χ4v) is 7.50. The van der Waals surface area contributed by atoms with E-state index in [2.05, 4.69) is 13.5 Å². The highest BCUT2D eigenvalue weighted by Crippen LogP contribution is 2.22. The molecule has 0 amide bonds. The van der Waals surface area contributed by atoms with Crippen molar-refractivity contribution in [3.05, 3.63) is 0 Å². The van der Waals surface area contributed by atoms with Gasteiger partial charge >= 0.3 is 0 Å². The van der Waals surface area contributed by atoms with Crippen LogP contribution in [-0.4, -0.2) is 18.3 Å². The number of hydrogen-bond donors (Lipinski definition) is 0. The summed E-state index contributed by atoms with van der Waals surface area (Å²) in [4.78, 5) is 0. The third-order valence-corrected chi connectivity index (χ3v) is 13.3. The Morgan fingerprint density at radius 2 is 2.33 bits per heavy atom. The topological polar surface area (TPSA) is 0 Å². The molecule has 1 heterocycles. The summed E-state index contributed by atoms with van der Waals surface area (Å²) < 4.78 is 0. The maximum Gasteiger partial charge on any atom is 0.0302 e. The Morgan fingerprint density at radius 3 is 2.33 bits per heavy atom. The molecule has 0 aromatic rings. The van der Waals surface area contributed by atoms with Crippen molar-refractivity contribution in [1.29, 1.82) is 0 Å². The third-order valence-electron chi connectivity index (χ3n) is 2.05. The zero-order chi connectivity index (χ0) is 4.57. The molecule has 2 atom stereocenters. The van der Waals surface area contributed by atoms with E-state index in [-0.39, 0.29) is 8.80 Å². The number of hydrogen-bond acceptors (Lipinski definition) is 0. The van der Waals surface area contributed by atoms with Crippen LogP contribution in [0.3, 0.4) is 0 Å². The normalized spacial score (nSPS) is 49.0. The molecular formula is C4H12Si2. The molecule has 0 aliphatic carbocycles. The van der Waals surface area contributed by atoms with Crippen molar-refractivity contribution >= 4 is 18.3 Å². The van der Waals surface area contributed by atoms with Gasteiger partial charge in [-0.1, -0.05) is 24.3 Å². The molecule has 0 aromatic carbocycles. The lowest BCUT2D eigenvalue weighted by molar-refractivity contribution is 1.21. The summed E-state index contributed by atoms with van der Waals surface area (Å²) in [7, 11) is 0.542. The Hall–Kier alpha value is 0.434. The zero-order valence-corrected chi connectivity index (χ0v) is 7.14. The standard InChI is InChI=1S/C4H12Si2/c1-4-5-3-6(4)2/h4,6H,3,5H2,1-2H3. The molecule has 1 fully saturated rings. The van der Waals surface area contributed by atoms with Gasteiger partial charge in [0.15, 0.2) is 0 Å². The molecule has 2 unspecified atom stereocenters. The van der Waals surface area contributed by atoms with Crippen LogP contribution in [0, 0.1) is 0 Å². The lowest BCUT2D eigenvalue weighted by Crippen LogP contribution is -2.32. The van der Waals surface area contributed by atoms with Crippen molar-refractivity contribution in [3.8, 4) is 0 Å². The van der Waals surface area contributed by atoms with Crippen LogP contribution in [0.15, 0.2) is 0 Å². The molecule has 0 bridgehead atoms. The second kappa shape index (κ2) is 1.50. The first-order valence-electron chi connectivity index (χ1n) is 2.80. The van der Waals surface area contributed by atoms with Crippen LogP contribution in [0.2, 0.25) is 17.4 Å². The Bertz CT molecular complexity index is 45.5. The van der Waals surface area contributed by atoms with Crippen LogP contribution >= 0.6 is 0 Å². The number of rotatable bonds is 0. The van der Waals surface area contributed by atoms with E-state index in [4.69, 9.17) is 0 Å². The first-order valence-corrected chi connectivity index (χ1v) is 7.26. The summed E-state index contributed by atoms with van der Waals surface area (Å²) in [5, 5.41) is 1.31. The van der Waals surface area contributed by atoms with Gasteiger partial charge in [0.2, 0.25) is 0 Å². The molecule has 1 aliphatic rings. The van der Waals surface area contributed by atoms with E-state index in [0.717, 1.165) is 0 Å². The largest absolute Gasteiger partial charge is 0.0722 e. The third kappa shape index (κ3) is 0.587. The predicted octanol–water partition coefficient (Wildman–Crippen LogP) is 0.331. The highest BCUT2D eigenvalue weighted by atomic mass is 28.4. The minimum Gasteiger partial charge on any atom is -0.0722 e. The minimum atomic E-state index is -0.00154. The Morgan fingerprint density at radius 1 is 1.83 bits per heavy atom. The van der Waals surface area contributed by atoms with E-state index >= 15 is 0 Å². The lowest BCUT2D eigenvalue weighted by atomic mass is 10.9. The van der Waals surface area contributed by atoms with Crippen molar-refractivity contribution in [1.82, 2.24) is 0 Å². The molecule has 1 aliphatic heterocycles. The summed E-state index contributed by atoms with van der Waals surface area (Å²) in [6, 6.07) is 0. The SMILES string of the molecule is CC1[SiH2]C[SiH]1C. The maximum atomic E-state index is 2.50. The molecule has 1 saturated heterocycles. The molecule has 36 valence electrons. The summed E-state index contributed by atoms with van der Waals surface area (Å²) in [5.74, 6) is 0. The van der Waals surface area contributed by atoms with Crippen molar-refractivity contribution < 1.29 is 0 Å². The van der Waals surface area contributed by atoms with Gasteiger partial charge in [0.25, 0.3) is 0 Å². The van der Waals surface area contributed by atoms with Gasteiger partial charge in [-0.2, -0.15) is 0 Å². The second-order valence-electron chi connectivity index (χ2n) is 2.53. The van der Waals surface area contributed by atoms with Crippen molar-refractivity contribution in [2.24, 2.45) is 0 Å². The molecule has 1 rings (SSSR count). The predicted molar refractivity (Wildman–Crippen MR) is 35.8 cm³/mol. The van der Waals surface area contributed by atoms with Gasteiger partial charge in [0.05, 0.1) is 0 Å². The van der Waals surface area contributed by atoms with Crippen LogP contribution in [0.25, 0.3) is 0 Å². The molecule has 0 aromatic heterocycles. The van der Waals surface area contributed by atoms with Crippen LogP contribution in [0.5, 0.6) is 0 Å². The molecule has 0 saturated carbocycles. The summed E-state index contributed by atoms with van der Waals surface area (Å²) >= 11 is 0. The van der Waals surface area contributed by atoms with E-state index in [1.807, 2.05) is 0 Å². The minimum absolute atomic E-state index is 0.00154. The van der Waals surface area contributed by atoms with E-state index in [1.54, 1.807) is 5.67 Å². The van der Waals surface area contributed by atoms with Crippen LogP contribution in [0.1, 0.15) is 6.92 Å². The van der Waals surface area contributed by atoms with Crippen LogP contribution < -0.4 is 0 Å². The van der Waals surface area contributed by atoms with Crippen molar-refractivity contribution in [2.45, 2.75) is 24.3 Å². The average Bonchev–Trinajstić information content (AvgIpc) is 1.61. The lowest BCUT2D eigenvalue weighted by Gasteiger charge is -2.27. The summed E-state index contributed by atoms with van der Waals surface area (Å²) in [5.41, 5.74) is 1.75. The van der Waals surface area contributed by atoms with Gasteiger partial charge in [-0.05, 0) is 0 Å². The molecule has 0 radical (unpaired) electrons. The molecule has 6 heavy (non-hydrogen) atoms. The van der Waals surface area contributed by atoms with Crippen molar-refractivity contribution in [2.75, 3.05) is 0 Å². The zero-order valence-electron chi connectivity index (χ0n) is 4.57. The van der Waals surface area contributed by atoms with E-state index in [9.17, 15) is 0 Å². The van der Waals surface area contributed by atoms with Gasteiger partial charge in [-0.15, -0.1) is 0 Å². The first-order chi connectivity index (χ1) is 2.80.